The van der Waals surface area contributed by atoms with E-state index >= 15 is 0 Å². The quantitative estimate of drug-likeness (QED) is 0.937. The molecule has 1 N–H and O–H groups in total. The molecule has 2 fully saturated rings. The third-order valence-corrected chi connectivity index (χ3v) is 4.82. The summed E-state index contributed by atoms with van der Waals surface area (Å²) < 4.78 is 5.43. The number of pyridine rings is 1. The Hall–Kier alpha value is -2.44. The fraction of sp³-hybridized carbons (Fsp3) is 0.529. The van der Waals surface area contributed by atoms with Crippen molar-refractivity contribution in [3.63, 3.8) is 0 Å². The molecule has 1 aliphatic carbocycles. The Kier molecular flexibility index (Phi) is 4.15. The molecule has 126 valence electrons. The second-order valence-electron chi connectivity index (χ2n) is 6.45. The smallest absolute Gasteiger partial charge is 0.318 e. The molecule has 0 aromatic carbocycles. The van der Waals surface area contributed by atoms with Crippen molar-refractivity contribution in [3.8, 4) is 11.5 Å². The second kappa shape index (κ2) is 6.59. The van der Waals surface area contributed by atoms with Crippen LogP contribution < -0.4 is 5.32 Å². The zero-order valence-electron chi connectivity index (χ0n) is 13.5. The van der Waals surface area contributed by atoms with E-state index in [1.807, 2.05) is 23.1 Å². The minimum Gasteiger partial charge on any atom is -0.337 e. The topological polar surface area (TPSA) is 84.2 Å². The van der Waals surface area contributed by atoms with E-state index < -0.39 is 0 Å². The number of rotatable bonds is 3. The summed E-state index contributed by atoms with van der Waals surface area (Å²) in [6.07, 6.45) is 8.05. The van der Waals surface area contributed by atoms with Crippen LogP contribution in [0.4, 0.5) is 4.79 Å². The molecule has 0 bridgehead atoms. The van der Waals surface area contributed by atoms with Gasteiger partial charge in [0.1, 0.15) is 11.7 Å². The average molecular weight is 327 g/mol. The van der Waals surface area contributed by atoms with Crippen molar-refractivity contribution < 1.29 is 9.32 Å². The zero-order chi connectivity index (χ0) is 16.4. The molecule has 0 radical (unpaired) electrons. The molecule has 2 aliphatic rings. The summed E-state index contributed by atoms with van der Waals surface area (Å²) in [6.45, 7) is 0.727. The van der Waals surface area contributed by atoms with Crippen LogP contribution in [0.2, 0.25) is 0 Å². The maximum Gasteiger partial charge on any atom is 0.318 e. The van der Waals surface area contributed by atoms with Crippen LogP contribution in [0.3, 0.4) is 0 Å². The van der Waals surface area contributed by atoms with E-state index in [2.05, 4.69) is 20.4 Å². The molecular formula is C17H21N5O2. The number of likely N-dealkylation sites (tertiary alicyclic amines) is 1. The Morgan fingerprint density at radius 1 is 1.21 bits per heavy atom. The highest BCUT2D eigenvalue weighted by atomic mass is 16.5. The summed E-state index contributed by atoms with van der Waals surface area (Å²) in [7, 11) is 0. The predicted molar refractivity (Wildman–Crippen MR) is 87.0 cm³/mol. The number of aromatic nitrogens is 3. The lowest BCUT2D eigenvalue weighted by Gasteiger charge is -2.24. The van der Waals surface area contributed by atoms with Gasteiger partial charge in [-0.1, -0.05) is 24.1 Å². The Bertz CT molecular complexity index is 696. The van der Waals surface area contributed by atoms with Crippen molar-refractivity contribution in [1.29, 1.82) is 0 Å². The molecule has 7 nitrogen and oxygen atoms in total. The van der Waals surface area contributed by atoms with E-state index in [1.54, 1.807) is 6.20 Å². The standard InChI is InChI=1S/C17H21N5O2/c23-17(19-12-6-1-2-7-12)22-11-5-9-14(22)16-20-15(21-24-16)13-8-3-4-10-18-13/h3-4,8,10,12,14H,1-2,5-7,9,11H2,(H,19,23)/t14-/m0/s1. The molecule has 1 aliphatic heterocycles. The Morgan fingerprint density at radius 3 is 2.88 bits per heavy atom. The highest BCUT2D eigenvalue weighted by Gasteiger charge is 2.35. The third kappa shape index (κ3) is 2.98. The average Bonchev–Trinajstić information content (AvgIpc) is 3.36. The van der Waals surface area contributed by atoms with Crippen LogP contribution in [0.15, 0.2) is 28.9 Å². The summed E-state index contributed by atoms with van der Waals surface area (Å²) in [6, 6.07) is 5.73. The first-order valence-electron chi connectivity index (χ1n) is 8.63. The first kappa shape index (κ1) is 15.1. The lowest BCUT2D eigenvalue weighted by Crippen LogP contribution is -2.43. The van der Waals surface area contributed by atoms with E-state index in [0.717, 1.165) is 32.2 Å². The van der Waals surface area contributed by atoms with Crippen LogP contribution in [-0.2, 0) is 0 Å². The van der Waals surface area contributed by atoms with E-state index in [-0.39, 0.29) is 12.1 Å². The number of amides is 2. The van der Waals surface area contributed by atoms with Gasteiger partial charge in [-0.3, -0.25) is 4.98 Å². The molecule has 1 saturated heterocycles. The maximum atomic E-state index is 12.6. The molecule has 0 spiro atoms. The van der Waals surface area contributed by atoms with Crippen molar-refractivity contribution in [1.82, 2.24) is 25.3 Å². The lowest BCUT2D eigenvalue weighted by molar-refractivity contribution is 0.177. The van der Waals surface area contributed by atoms with Gasteiger partial charge >= 0.3 is 6.03 Å². The molecule has 7 heteroatoms. The molecule has 24 heavy (non-hydrogen) atoms. The summed E-state index contributed by atoms with van der Waals surface area (Å²) in [4.78, 5) is 23.1. The van der Waals surface area contributed by atoms with Crippen molar-refractivity contribution in [3.05, 3.63) is 30.3 Å². The van der Waals surface area contributed by atoms with Gasteiger partial charge in [0.2, 0.25) is 11.7 Å². The van der Waals surface area contributed by atoms with Gasteiger partial charge in [-0.25, -0.2) is 4.79 Å². The Balaban J connectivity index is 1.48. The number of urea groups is 1. The first-order chi connectivity index (χ1) is 11.8. The molecule has 1 saturated carbocycles. The monoisotopic (exact) mass is 327 g/mol. The minimum absolute atomic E-state index is 0.0120. The number of nitrogens with one attached hydrogen (secondary N) is 1. The number of carbonyl (C=O) groups is 1. The van der Waals surface area contributed by atoms with Gasteiger partial charge in [0.15, 0.2) is 0 Å². The number of hydrogen-bond donors (Lipinski definition) is 1. The molecule has 1 atom stereocenters. The molecular weight excluding hydrogens is 306 g/mol. The summed E-state index contributed by atoms with van der Waals surface area (Å²) >= 11 is 0. The molecule has 2 aromatic heterocycles. The van der Waals surface area contributed by atoms with Gasteiger partial charge in [-0.2, -0.15) is 4.98 Å². The van der Waals surface area contributed by atoms with Crippen molar-refractivity contribution >= 4 is 6.03 Å². The molecule has 3 heterocycles. The fourth-order valence-electron chi connectivity index (χ4n) is 3.56. The van der Waals surface area contributed by atoms with E-state index in [4.69, 9.17) is 4.52 Å². The van der Waals surface area contributed by atoms with E-state index in [0.29, 0.717) is 23.5 Å². The first-order valence-corrected chi connectivity index (χ1v) is 8.63. The van der Waals surface area contributed by atoms with Crippen molar-refractivity contribution in [2.24, 2.45) is 0 Å². The highest BCUT2D eigenvalue weighted by molar-refractivity contribution is 5.75. The second-order valence-corrected chi connectivity index (χ2v) is 6.45. The van der Waals surface area contributed by atoms with Gasteiger partial charge in [0, 0.05) is 18.8 Å². The van der Waals surface area contributed by atoms with Gasteiger partial charge < -0.3 is 14.7 Å². The Labute approximate surface area is 140 Å². The fourth-order valence-corrected chi connectivity index (χ4v) is 3.56. The van der Waals surface area contributed by atoms with Crippen molar-refractivity contribution in [2.45, 2.75) is 50.6 Å². The van der Waals surface area contributed by atoms with E-state index in [1.165, 1.54) is 12.8 Å². The van der Waals surface area contributed by atoms with Gasteiger partial charge in [-0.05, 0) is 37.8 Å². The minimum atomic E-state index is -0.142. The maximum absolute atomic E-state index is 12.6. The molecule has 2 amide bonds. The molecule has 0 unspecified atom stereocenters. The van der Waals surface area contributed by atoms with Crippen LogP contribution in [-0.4, -0.2) is 38.6 Å². The van der Waals surface area contributed by atoms with Gasteiger partial charge in [-0.15, -0.1) is 0 Å². The molecule has 2 aromatic rings. The van der Waals surface area contributed by atoms with Crippen molar-refractivity contribution in [2.75, 3.05) is 6.54 Å². The number of hydrogen-bond acceptors (Lipinski definition) is 5. The normalized spacial score (nSPS) is 21.3. The number of nitrogens with zero attached hydrogens (tertiary/aromatic N) is 4. The van der Waals surface area contributed by atoms with E-state index in [9.17, 15) is 4.79 Å². The number of carbonyl (C=O) groups excluding carboxylic acids is 1. The summed E-state index contributed by atoms with van der Waals surface area (Å²) in [5.74, 6) is 0.961. The van der Waals surface area contributed by atoms with Crippen LogP contribution in [0.1, 0.15) is 50.5 Å². The van der Waals surface area contributed by atoms with Gasteiger partial charge in [0.25, 0.3) is 0 Å². The predicted octanol–water partition coefficient (Wildman–Crippen LogP) is 2.92. The third-order valence-electron chi connectivity index (χ3n) is 4.82. The van der Waals surface area contributed by atoms with Crippen LogP contribution in [0, 0.1) is 0 Å². The largest absolute Gasteiger partial charge is 0.337 e. The summed E-state index contributed by atoms with van der Waals surface area (Å²) in [5.41, 5.74) is 0.674. The highest BCUT2D eigenvalue weighted by Crippen LogP contribution is 2.32. The van der Waals surface area contributed by atoms with Crippen LogP contribution in [0.25, 0.3) is 11.5 Å². The summed E-state index contributed by atoms with van der Waals surface area (Å²) in [5, 5.41) is 7.16. The SMILES string of the molecule is O=C(NC1CCCC1)N1CCC[C@H]1c1nc(-c2ccccn2)no1. The van der Waals surface area contributed by atoms with Crippen LogP contribution >= 0.6 is 0 Å². The lowest BCUT2D eigenvalue weighted by atomic mass is 10.2. The molecule has 4 rings (SSSR count). The van der Waals surface area contributed by atoms with Crippen LogP contribution in [0.5, 0.6) is 0 Å². The zero-order valence-corrected chi connectivity index (χ0v) is 13.5. The Morgan fingerprint density at radius 2 is 2.08 bits per heavy atom. The van der Waals surface area contributed by atoms with Gasteiger partial charge in [0.05, 0.1) is 0 Å².